The van der Waals surface area contributed by atoms with Crippen molar-refractivity contribution in [3.05, 3.63) is 107 Å². The number of halogens is 1. The molecule has 1 atom stereocenters. The van der Waals surface area contributed by atoms with Crippen molar-refractivity contribution in [3.8, 4) is 11.1 Å². The van der Waals surface area contributed by atoms with Crippen molar-refractivity contribution in [1.82, 2.24) is 20.6 Å². The van der Waals surface area contributed by atoms with Gasteiger partial charge in [-0.3, -0.25) is 14.3 Å². The lowest BCUT2D eigenvalue weighted by molar-refractivity contribution is -0.109. The van der Waals surface area contributed by atoms with Gasteiger partial charge in [-0.25, -0.2) is 14.4 Å². The van der Waals surface area contributed by atoms with Crippen LogP contribution in [-0.4, -0.2) is 50.0 Å². The zero-order chi connectivity index (χ0) is 35.8. The monoisotopic (exact) mass is 704 g/mol. The van der Waals surface area contributed by atoms with Crippen LogP contribution in [0.1, 0.15) is 62.2 Å². The van der Waals surface area contributed by atoms with Crippen LogP contribution in [-0.2, 0) is 41.9 Å². The van der Waals surface area contributed by atoms with E-state index >= 15 is 4.39 Å². The maximum atomic E-state index is 16.3. The molecule has 3 aromatic carbocycles. The molecule has 5 rings (SSSR count). The molecule has 1 fully saturated rings. The molecule has 13 heteroatoms. The van der Waals surface area contributed by atoms with E-state index in [1.165, 1.54) is 0 Å². The van der Waals surface area contributed by atoms with E-state index in [-0.39, 0.29) is 6.10 Å². The summed E-state index contributed by atoms with van der Waals surface area (Å²) < 4.78 is 40.8. The fourth-order valence-electron chi connectivity index (χ4n) is 5.05. The highest BCUT2D eigenvalue weighted by molar-refractivity contribution is 7.41. The summed E-state index contributed by atoms with van der Waals surface area (Å²) in [6.07, 6.45) is 5.06. The van der Waals surface area contributed by atoms with Gasteiger partial charge in [-0.05, 0) is 64.6 Å². The summed E-state index contributed by atoms with van der Waals surface area (Å²) in [6, 6.07) is 21.3. The minimum absolute atomic E-state index is 0.322. The average molecular weight is 705 g/mol. The molecule has 1 aromatic heterocycles. The number of carbonyl (C=O) groups is 1. The van der Waals surface area contributed by atoms with Crippen molar-refractivity contribution < 1.29 is 27.5 Å². The number of rotatable bonds is 17. The van der Waals surface area contributed by atoms with Gasteiger partial charge in [0, 0.05) is 42.2 Å². The van der Waals surface area contributed by atoms with Gasteiger partial charge in [-0.2, -0.15) is 0 Å². The Morgan fingerprint density at radius 3 is 2.16 bits per heavy atom. The van der Waals surface area contributed by atoms with E-state index in [9.17, 15) is 4.79 Å². The molecule has 0 bridgehead atoms. The molecule has 2 heterocycles. The number of aliphatic imine (C=N–C) groups is 1. The van der Waals surface area contributed by atoms with E-state index < -0.39 is 20.0 Å². The highest BCUT2D eigenvalue weighted by Gasteiger charge is 2.32. The Morgan fingerprint density at radius 2 is 1.68 bits per heavy atom. The van der Waals surface area contributed by atoms with E-state index in [1.807, 2.05) is 88.5 Å². The first-order chi connectivity index (χ1) is 24.3. The Morgan fingerprint density at radius 1 is 1.06 bits per heavy atom. The van der Waals surface area contributed by atoms with Crippen molar-refractivity contribution in [2.45, 2.75) is 58.5 Å². The van der Waals surface area contributed by atoms with Gasteiger partial charge in [-0.1, -0.05) is 60.7 Å². The fraction of sp³-hybridized carbons (Fsp3) is 0.351. The summed E-state index contributed by atoms with van der Waals surface area (Å²) in [6.45, 7) is 11.7. The first kappa shape index (κ1) is 38.6. The topological polar surface area (TPSA) is 128 Å². The minimum Gasteiger partial charge on any atom is -0.373 e. The molecule has 0 spiro atoms. The predicted molar refractivity (Wildman–Crippen MR) is 195 cm³/mol. The Balaban J connectivity index is 0.00000105. The lowest BCUT2D eigenvalue weighted by atomic mass is 9.96. The van der Waals surface area contributed by atoms with Gasteiger partial charge in [0.2, 0.25) is 6.41 Å². The van der Waals surface area contributed by atoms with E-state index in [0.29, 0.717) is 73.2 Å². The van der Waals surface area contributed by atoms with Gasteiger partial charge < -0.3 is 29.7 Å². The molecule has 50 heavy (non-hydrogen) atoms. The molecule has 11 nitrogen and oxygen atoms in total. The normalized spacial score (nSPS) is 14.2. The second-order valence-electron chi connectivity index (χ2n) is 11.7. The Bertz CT molecular complexity index is 1580. The van der Waals surface area contributed by atoms with Crippen molar-refractivity contribution in [2.75, 3.05) is 32.2 Å². The van der Waals surface area contributed by atoms with Gasteiger partial charge in [0.25, 0.3) is 0 Å². The molecule has 0 radical (unpaired) electrons. The van der Waals surface area contributed by atoms with Crippen LogP contribution in [0.3, 0.4) is 0 Å². The SMILES string of the molecule is C=Nc1cc(-c2cnc(C(C)(C)OP(OCc3ccccc3)OCc3ccccc3)nc2)c(F)c(C2CCCO2)c1NCNC.CCNC=O. The summed E-state index contributed by atoms with van der Waals surface area (Å²) in [7, 11) is 0.0214. The lowest BCUT2D eigenvalue weighted by Crippen LogP contribution is -2.23. The Labute approximate surface area is 295 Å². The zero-order valence-electron chi connectivity index (χ0n) is 29.0. The van der Waals surface area contributed by atoms with Gasteiger partial charge >= 0.3 is 8.60 Å². The first-order valence-electron chi connectivity index (χ1n) is 16.5. The van der Waals surface area contributed by atoms with E-state index in [0.717, 1.165) is 24.1 Å². The number of anilines is 1. The minimum atomic E-state index is -1.79. The molecule has 1 saturated heterocycles. The molecule has 4 aromatic rings. The van der Waals surface area contributed by atoms with Crippen LogP contribution in [0.25, 0.3) is 11.1 Å². The number of carbonyl (C=O) groups excluding carboxylic acids is 1. The number of aromatic nitrogens is 2. The first-order valence-corrected chi connectivity index (χ1v) is 17.6. The third-order valence-corrected chi connectivity index (χ3v) is 8.88. The fourth-order valence-corrected chi connectivity index (χ4v) is 6.19. The van der Waals surface area contributed by atoms with Crippen molar-refractivity contribution >= 4 is 33.1 Å². The standard InChI is InChI=1S/C34H39FN5O4P.C3H7NO/c1-34(2,44-45(42-21-24-12-7-5-8-13-24)43-22-25-14-9-6-10-15-25)33-38-19-26(20-39-33)27-18-28(37-4)32(40-23-36-3)30(31(27)35)29-16-11-17-41-29;1-2-4-3-5/h5-10,12-15,18-20,29,36,40H,4,11,16-17,21-23H2,1-3H3;3H,2H2,1H3,(H,4,5). The van der Waals surface area contributed by atoms with E-state index in [1.54, 1.807) is 18.5 Å². The maximum Gasteiger partial charge on any atom is 0.334 e. The van der Waals surface area contributed by atoms with Crippen molar-refractivity contribution in [1.29, 1.82) is 0 Å². The average Bonchev–Trinajstić information content (AvgIpc) is 3.68. The van der Waals surface area contributed by atoms with Crippen LogP contribution in [0.2, 0.25) is 0 Å². The molecule has 266 valence electrons. The number of amides is 1. The van der Waals surface area contributed by atoms with E-state index in [4.69, 9.17) is 18.3 Å². The van der Waals surface area contributed by atoms with Crippen molar-refractivity contribution in [3.63, 3.8) is 0 Å². The third-order valence-electron chi connectivity index (χ3n) is 7.59. The summed E-state index contributed by atoms with van der Waals surface area (Å²) >= 11 is 0. The maximum absolute atomic E-state index is 16.3. The third kappa shape index (κ3) is 10.9. The predicted octanol–water partition coefficient (Wildman–Crippen LogP) is 7.72. The smallest absolute Gasteiger partial charge is 0.334 e. The largest absolute Gasteiger partial charge is 0.373 e. The van der Waals surface area contributed by atoms with Crippen LogP contribution in [0.15, 0.2) is 84.1 Å². The molecule has 1 aliphatic rings. The van der Waals surface area contributed by atoms with E-state index in [2.05, 4.69) is 37.6 Å². The molecule has 0 aliphatic carbocycles. The summed E-state index contributed by atoms with van der Waals surface area (Å²) in [4.78, 5) is 22.7. The second kappa shape index (κ2) is 19.9. The molecular formula is C37H46FN6O5P. The number of hydrogen-bond acceptors (Lipinski definition) is 10. The molecule has 1 aliphatic heterocycles. The Hall–Kier alpha value is -4.16. The van der Waals surface area contributed by atoms with Crippen LogP contribution in [0.5, 0.6) is 0 Å². The van der Waals surface area contributed by atoms with Crippen LogP contribution < -0.4 is 16.0 Å². The van der Waals surface area contributed by atoms with Crippen LogP contribution >= 0.6 is 8.60 Å². The molecule has 1 unspecified atom stereocenters. The number of nitrogens with zero attached hydrogens (tertiary/aromatic N) is 3. The van der Waals surface area contributed by atoms with Gasteiger partial charge in [0.15, 0.2) is 5.82 Å². The van der Waals surface area contributed by atoms with Gasteiger partial charge in [0.05, 0.1) is 37.4 Å². The highest BCUT2D eigenvalue weighted by atomic mass is 31.2. The quantitative estimate of drug-likeness (QED) is 0.0438. The van der Waals surface area contributed by atoms with Gasteiger partial charge in [-0.15, -0.1) is 0 Å². The number of nitrogens with one attached hydrogen (secondary N) is 3. The highest BCUT2D eigenvalue weighted by Crippen LogP contribution is 2.48. The zero-order valence-corrected chi connectivity index (χ0v) is 29.9. The number of hydrogen-bond donors (Lipinski definition) is 3. The van der Waals surface area contributed by atoms with Crippen LogP contribution in [0.4, 0.5) is 15.8 Å². The molecule has 3 N–H and O–H groups in total. The van der Waals surface area contributed by atoms with Crippen molar-refractivity contribution in [2.24, 2.45) is 4.99 Å². The Kier molecular flexibility index (Phi) is 15.4. The molecule has 0 saturated carbocycles. The number of benzene rings is 3. The summed E-state index contributed by atoms with van der Waals surface area (Å²) in [5.41, 5.74) is 3.37. The number of ether oxygens (including phenoxy) is 1. The lowest BCUT2D eigenvalue weighted by Gasteiger charge is -2.28. The van der Waals surface area contributed by atoms with Crippen LogP contribution in [0, 0.1) is 5.82 Å². The summed E-state index contributed by atoms with van der Waals surface area (Å²) in [5, 5.41) is 8.70. The second-order valence-corrected chi connectivity index (χ2v) is 12.9. The molecular weight excluding hydrogens is 658 g/mol. The molecule has 1 amide bonds. The van der Waals surface area contributed by atoms with Gasteiger partial charge in [0.1, 0.15) is 11.4 Å². The summed E-state index contributed by atoms with van der Waals surface area (Å²) in [5.74, 6) is 0.00594.